The first-order valence-electron chi connectivity index (χ1n) is 7.63. The lowest BCUT2D eigenvalue weighted by Gasteiger charge is -2.11. The topological polar surface area (TPSA) is 80.5 Å². The SMILES string of the molecule is COc1ccc(C)cc1NC(=O)CCNc1cnc2cnccn12. The van der Waals surface area contributed by atoms with Crippen LogP contribution in [0, 0.1) is 6.92 Å². The van der Waals surface area contributed by atoms with Gasteiger partial charge < -0.3 is 15.4 Å². The summed E-state index contributed by atoms with van der Waals surface area (Å²) >= 11 is 0. The Morgan fingerprint density at radius 1 is 1.33 bits per heavy atom. The molecule has 7 nitrogen and oxygen atoms in total. The number of carbonyl (C=O) groups is 1. The highest BCUT2D eigenvalue weighted by atomic mass is 16.5. The van der Waals surface area contributed by atoms with Crippen LogP contribution in [0.2, 0.25) is 0 Å². The molecule has 0 spiro atoms. The second-order valence-electron chi connectivity index (χ2n) is 5.38. The van der Waals surface area contributed by atoms with Gasteiger partial charge in [0.1, 0.15) is 11.6 Å². The van der Waals surface area contributed by atoms with Crippen molar-refractivity contribution in [1.82, 2.24) is 14.4 Å². The number of ether oxygens (including phenoxy) is 1. The number of methoxy groups -OCH3 is 1. The number of aryl methyl sites for hydroxylation is 1. The fourth-order valence-electron chi connectivity index (χ4n) is 2.41. The molecule has 1 amide bonds. The monoisotopic (exact) mass is 325 g/mol. The summed E-state index contributed by atoms with van der Waals surface area (Å²) in [6.07, 6.45) is 7.24. The number of aromatic nitrogens is 3. The molecule has 3 rings (SSSR count). The van der Waals surface area contributed by atoms with Crippen molar-refractivity contribution < 1.29 is 9.53 Å². The van der Waals surface area contributed by atoms with Gasteiger partial charge in [-0.25, -0.2) is 4.98 Å². The van der Waals surface area contributed by atoms with Crippen molar-refractivity contribution in [2.45, 2.75) is 13.3 Å². The third-order valence-corrected chi connectivity index (χ3v) is 3.60. The second-order valence-corrected chi connectivity index (χ2v) is 5.38. The maximum atomic E-state index is 12.1. The zero-order valence-electron chi connectivity index (χ0n) is 13.6. The van der Waals surface area contributed by atoms with Crippen LogP contribution in [-0.4, -0.2) is 33.9 Å². The predicted octanol–water partition coefficient (Wildman–Crippen LogP) is 2.49. The smallest absolute Gasteiger partial charge is 0.226 e. The molecule has 2 aromatic heterocycles. The van der Waals surface area contributed by atoms with Crippen molar-refractivity contribution >= 4 is 23.1 Å². The van der Waals surface area contributed by atoms with Gasteiger partial charge in [0, 0.05) is 25.4 Å². The number of nitrogens with one attached hydrogen (secondary N) is 2. The first kappa shape index (κ1) is 15.8. The summed E-state index contributed by atoms with van der Waals surface area (Å²) in [5.41, 5.74) is 2.50. The van der Waals surface area contributed by atoms with Gasteiger partial charge in [-0.2, -0.15) is 0 Å². The van der Waals surface area contributed by atoms with Crippen molar-refractivity contribution in [3.05, 3.63) is 48.5 Å². The van der Waals surface area contributed by atoms with E-state index in [9.17, 15) is 4.79 Å². The maximum Gasteiger partial charge on any atom is 0.226 e. The summed E-state index contributed by atoms with van der Waals surface area (Å²) in [6, 6.07) is 5.67. The molecule has 0 saturated heterocycles. The van der Waals surface area contributed by atoms with Crippen molar-refractivity contribution in [3.8, 4) is 5.75 Å². The lowest BCUT2D eigenvalue weighted by Crippen LogP contribution is -2.17. The van der Waals surface area contributed by atoms with Crippen molar-refractivity contribution in [3.63, 3.8) is 0 Å². The third kappa shape index (κ3) is 3.45. The minimum atomic E-state index is -0.0816. The number of amides is 1. The molecule has 0 aliphatic heterocycles. The van der Waals surface area contributed by atoms with E-state index in [1.165, 1.54) is 0 Å². The van der Waals surface area contributed by atoms with E-state index in [2.05, 4.69) is 20.6 Å². The van der Waals surface area contributed by atoms with Gasteiger partial charge in [-0.3, -0.25) is 14.2 Å². The third-order valence-electron chi connectivity index (χ3n) is 3.60. The summed E-state index contributed by atoms with van der Waals surface area (Å²) in [5, 5.41) is 6.09. The average Bonchev–Trinajstić information content (AvgIpc) is 2.98. The number of anilines is 2. The molecule has 0 radical (unpaired) electrons. The number of fused-ring (bicyclic) bond motifs is 1. The number of carbonyl (C=O) groups excluding carboxylic acids is 1. The van der Waals surface area contributed by atoms with Crippen molar-refractivity contribution in [2.75, 3.05) is 24.3 Å². The first-order valence-corrected chi connectivity index (χ1v) is 7.63. The van der Waals surface area contributed by atoms with Crippen LogP contribution in [-0.2, 0) is 4.79 Å². The quantitative estimate of drug-likeness (QED) is 0.728. The Labute approximate surface area is 139 Å². The van der Waals surface area contributed by atoms with E-state index in [1.54, 1.807) is 25.7 Å². The van der Waals surface area contributed by atoms with Crippen LogP contribution in [0.1, 0.15) is 12.0 Å². The lowest BCUT2D eigenvalue weighted by atomic mass is 10.2. The summed E-state index contributed by atoms with van der Waals surface area (Å²) < 4.78 is 7.15. The Kier molecular flexibility index (Phi) is 4.60. The summed E-state index contributed by atoms with van der Waals surface area (Å²) in [5.74, 6) is 1.39. The molecule has 0 aliphatic rings. The average molecular weight is 325 g/mol. The number of rotatable bonds is 6. The zero-order valence-corrected chi connectivity index (χ0v) is 13.6. The highest BCUT2D eigenvalue weighted by Crippen LogP contribution is 2.25. The zero-order chi connectivity index (χ0) is 16.9. The standard InChI is InChI=1S/C17H19N5O2/c1-12-3-4-14(24-2)13(9-12)21-17(23)5-6-19-16-11-20-15-10-18-7-8-22(15)16/h3-4,7-11,19H,5-6H2,1-2H3,(H,21,23). The molecule has 0 saturated carbocycles. The van der Waals surface area contributed by atoms with Crippen molar-refractivity contribution in [1.29, 1.82) is 0 Å². The van der Waals surface area contributed by atoms with Gasteiger partial charge in [-0.05, 0) is 24.6 Å². The van der Waals surface area contributed by atoms with Crippen LogP contribution in [0.25, 0.3) is 5.65 Å². The highest BCUT2D eigenvalue weighted by molar-refractivity contribution is 5.92. The van der Waals surface area contributed by atoms with E-state index in [-0.39, 0.29) is 5.91 Å². The summed E-state index contributed by atoms with van der Waals surface area (Å²) in [7, 11) is 1.58. The number of benzene rings is 1. The van der Waals surface area contributed by atoms with Crippen LogP contribution < -0.4 is 15.4 Å². The van der Waals surface area contributed by atoms with Gasteiger partial charge in [0.15, 0.2) is 5.65 Å². The van der Waals surface area contributed by atoms with Gasteiger partial charge >= 0.3 is 0 Å². The van der Waals surface area contributed by atoms with E-state index in [0.29, 0.717) is 24.4 Å². The highest BCUT2D eigenvalue weighted by Gasteiger charge is 2.08. The first-order chi connectivity index (χ1) is 11.7. The second kappa shape index (κ2) is 6.99. The minimum absolute atomic E-state index is 0.0816. The lowest BCUT2D eigenvalue weighted by molar-refractivity contribution is -0.116. The van der Waals surface area contributed by atoms with E-state index in [1.807, 2.05) is 35.7 Å². The minimum Gasteiger partial charge on any atom is -0.495 e. The molecule has 3 aromatic rings. The van der Waals surface area contributed by atoms with Gasteiger partial charge in [-0.15, -0.1) is 0 Å². The molecular weight excluding hydrogens is 306 g/mol. The fourth-order valence-corrected chi connectivity index (χ4v) is 2.41. The molecule has 24 heavy (non-hydrogen) atoms. The van der Waals surface area contributed by atoms with E-state index in [0.717, 1.165) is 17.0 Å². The molecule has 0 aliphatic carbocycles. The molecule has 0 atom stereocenters. The van der Waals surface area contributed by atoms with E-state index < -0.39 is 0 Å². The molecule has 2 N–H and O–H groups in total. The molecule has 0 unspecified atom stereocenters. The van der Waals surface area contributed by atoms with Gasteiger partial charge in [-0.1, -0.05) is 6.07 Å². The predicted molar refractivity (Wildman–Crippen MR) is 92.5 cm³/mol. The van der Waals surface area contributed by atoms with Crippen LogP contribution in [0.15, 0.2) is 43.0 Å². The Morgan fingerprint density at radius 2 is 2.21 bits per heavy atom. The number of hydrogen-bond acceptors (Lipinski definition) is 5. The summed E-state index contributed by atoms with van der Waals surface area (Å²) in [6.45, 7) is 2.46. The van der Waals surface area contributed by atoms with E-state index in [4.69, 9.17) is 4.74 Å². The Bertz CT molecular complexity index is 859. The number of nitrogens with zero attached hydrogens (tertiary/aromatic N) is 3. The molecule has 0 bridgehead atoms. The number of hydrogen-bond donors (Lipinski definition) is 2. The maximum absolute atomic E-state index is 12.1. The van der Waals surface area contributed by atoms with Crippen molar-refractivity contribution in [2.24, 2.45) is 0 Å². The van der Waals surface area contributed by atoms with Crippen LogP contribution >= 0.6 is 0 Å². The molecule has 124 valence electrons. The van der Waals surface area contributed by atoms with Gasteiger partial charge in [0.25, 0.3) is 0 Å². The van der Waals surface area contributed by atoms with Crippen LogP contribution in [0.3, 0.4) is 0 Å². The Balaban J connectivity index is 1.57. The van der Waals surface area contributed by atoms with Crippen LogP contribution in [0.4, 0.5) is 11.5 Å². The van der Waals surface area contributed by atoms with E-state index >= 15 is 0 Å². The molecular formula is C17H19N5O2. The Morgan fingerprint density at radius 3 is 3.04 bits per heavy atom. The normalized spacial score (nSPS) is 10.6. The fraction of sp³-hybridized carbons (Fsp3) is 0.235. The van der Waals surface area contributed by atoms with Gasteiger partial charge in [0.2, 0.25) is 5.91 Å². The molecule has 0 fully saturated rings. The van der Waals surface area contributed by atoms with Gasteiger partial charge in [0.05, 0.1) is 25.2 Å². The number of imidazole rings is 1. The molecule has 7 heteroatoms. The molecule has 2 heterocycles. The largest absolute Gasteiger partial charge is 0.495 e. The molecule has 1 aromatic carbocycles. The Hall–Kier alpha value is -3.09. The summed E-state index contributed by atoms with van der Waals surface area (Å²) in [4.78, 5) is 20.4. The van der Waals surface area contributed by atoms with Crippen LogP contribution in [0.5, 0.6) is 5.75 Å².